The fraction of sp³-hybridized carbons (Fsp3) is 0.257. The summed E-state index contributed by atoms with van der Waals surface area (Å²) in [6.45, 7) is 5.67. The third-order valence-corrected chi connectivity index (χ3v) is 9.98. The number of imidazole rings is 1. The Morgan fingerprint density at radius 1 is 1.04 bits per heavy atom. The van der Waals surface area contributed by atoms with Crippen LogP contribution in [0.4, 0.5) is 14.7 Å². The number of carboxylic acids is 1. The molecule has 1 amide bonds. The maximum atomic E-state index is 15.5. The summed E-state index contributed by atoms with van der Waals surface area (Å²) in [5.41, 5.74) is 0.938. The van der Waals surface area contributed by atoms with Crippen LogP contribution in [0.15, 0.2) is 70.6 Å². The van der Waals surface area contributed by atoms with Crippen LogP contribution in [0.25, 0.3) is 10.9 Å². The largest absolute Gasteiger partial charge is 0.480 e. The van der Waals surface area contributed by atoms with Crippen molar-refractivity contribution in [3.8, 4) is 0 Å². The molecule has 0 saturated heterocycles. The predicted molar refractivity (Wildman–Crippen MR) is 184 cm³/mol. The Hall–Kier alpha value is -5.41. The van der Waals surface area contributed by atoms with E-state index < -0.39 is 62.5 Å². The number of anilines is 1. The molecule has 1 atom stereocenters. The monoisotopic (exact) mass is 706 g/mol. The number of hydrogen-bond donors (Lipinski definition) is 5. The van der Waals surface area contributed by atoms with E-state index in [2.05, 4.69) is 25.0 Å². The Kier molecular flexibility index (Phi) is 10.5. The van der Waals surface area contributed by atoms with Crippen LogP contribution < -0.4 is 15.5 Å². The molecule has 15 heteroatoms. The molecule has 0 aliphatic rings. The number of carbonyl (C=O) groups excluding carboxylic acids is 1. The van der Waals surface area contributed by atoms with Gasteiger partial charge in [0.1, 0.15) is 17.4 Å². The van der Waals surface area contributed by atoms with Gasteiger partial charge in [-0.25, -0.2) is 22.2 Å². The molecule has 1 unspecified atom stereocenters. The summed E-state index contributed by atoms with van der Waals surface area (Å²) in [6, 6.07) is 11.2. The molecule has 5 rings (SSSR count). The lowest BCUT2D eigenvalue weighted by Crippen LogP contribution is -2.51. The number of aryl methyl sites for hydroxylation is 4. The summed E-state index contributed by atoms with van der Waals surface area (Å²) in [5.74, 6) is -4.32. The normalized spacial score (nSPS) is 12.2. The summed E-state index contributed by atoms with van der Waals surface area (Å²) in [5, 5.41) is 12.5. The number of benzene rings is 3. The number of nitrogens with one attached hydrogen (secondary N) is 4. The first-order valence-electron chi connectivity index (χ1n) is 15.6. The minimum Gasteiger partial charge on any atom is -0.480 e. The van der Waals surface area contributed by atoms with Crippen LogP contribution in [0, 0.1) is 39.3 Å². The quantitative estimate of drug-likeness (QED) is 0.119. The van der Waals surface area contributed by atoms with Gasteiger partial charge in [-0.2, -0.15) is 4.72 Å². The molecular weight excluding hydrogens is 670 g/mol. The number of amides is 1. The number of carbonyl (C=O) groups is 2. The van der Waals surface area contributed by atoms with Gasteiger partial charge in [0.2, 0.25) is 21.4 Å². The molecule has 0 spiro atoms. The zero-order valence-electron chi connectivity index (χ0n) is 27.7. The number of hydrogen-bond acceptors (Lipinski definition) is 7. The van der Waals surface area contributed by atoms with E-state index in [-0.39, 0.29) is 41.4 Å². The van der Waals surface area contributed by atoms with Crippen molar-refractivity contribution >= 4 is 38.8 Å². The molecule has 0 saturated carbocycles. The van der Waals surface area contributed by atoms with E-state index in [0.29, 0.717) is 11.1 Å². The highest BCUT2D eigenvalue weighted by atomic mass is 32.2. The van der Waals surface area contributed by atoms with Crippen molar-refractivity contribution in [3.05, 3.63) is 122 Å². The SMILES string of the molecule is Cc1cc(C)c(S(=O)(=O)NC(CN(CCc2ccccc2)C(=O)c2c[nH]c3c(F)c(CNc4ncc(C)[nH]4)c(F)cc3c2=O)C(=O)O)c(C)c1. The molecule has 3 aromatic carbocycles. The van der Waals surface area contributed by atoms with E-state index in [1.54, 1.807) is 70.2 Å². The van der Waals surface area contributed by atoms with Crippen molar-refractivity contribution in [2.45, 2.75) is 51.6 Å². The Morgan fingerprint density at radius 2 is 1.72 bits per heavy atom. The van der Waals surface area contributed by atoms with Gasteiger partial charge in [0.15, 0.2) is 5.82 Å². The second-order valence-corrected chi connectivity index (χ2v) is 13.8. The Labute approximate surface area is 286 Å². The Bertz CT molecular complexity index is 2230. The number of pyridine rings is 1. The van der Waals surface area contributed by atoms with Gasteiger partial charge in [0.25, 0.3) is 5.91 Å². The van der Waals surface area contributed by atoms with Crippen molar-refractivity contribution in [1.82, 2.24) is 24.6 Å². The molecule has 2 heterocycles. The van der Waals surface area contributed by atoms with Crippen molar-refractivity contribution in [2.24, 2.45) is 0 Å². The van der Waals surface area contributed by atoms with Crippen LogP contribution >= 0.6 is 0 Å². The molecule has 0 fully saturated rings. The number of sulfonamides is 1. The Balaban J connectivity index is 1.48. The molecule has 0 aliphatic heterocycles. The van der Waals surface area contributed by atoms with Crippen molar-refractivity contribution in [1.29, 1.82) is 0 Å². The lowest BCUT2D eigenvalue weighted by molar-refractivity contribution is -0.139. The van der Waals surface area contributed by atoms with Gasteiger partial charge in [-0.15, -0.1) is 0 Å². The average molecular weight is 707 g/mol. The summed E-state index contributed by atoms with van der Waals surface area (Å²) < 4.78 is 60.0. The summed E-state index contributed by atoms with van der Waals surface area (Å²) in [4.78, 5) is 50.6. The number of halogens is 2. The zero-order valence-corrected chi connectivity index (χ0v) is 28.5. The highest BCUT2D eigenvalue weighted by Crippen LogP contribution is 2.24. The first-order chi connectivity index (χ1) is 23.7. The number of carboxylic acid groups (broad SMARTS) is 1. The number of rotatable bonds is 13. The summed E-state index contributed by atoms with van der Waals surface area (Å²) in [7, 11) is -4.39. The highest BCUT2D eigenvalue weighted by molar-refractivity contribution is 7.89. The minimum absolute atomic E-state index is 0.0830. The van der Waals surface area contributed by atoms with Crippen LogP contribution in [-0.2, 0) is 27.8 Å². The number of aromatic nitrogens is 3. The fourth-order valence-electron chi connectivity index (χ4n) is 5.91. The third kappa shape index (κ3) is 7.74. The first kappa shape index (κ1) is 35.9. The molecular formula is C35H36F2N6O6S. The number of H-pyrrole nitrogens is 2. The van der Waals surface area contributed by atoms with Crippen molar-refractivity contribution < 1.29 is 31.9 Å². The molecule has 2 aromatic heterocycles. The van der Waals surface area contributed by atoms with E-state index in [9.17, 15) is 27.9 Å². The van der Waals surface area contributed by atoms with Crippen LogP contribution in [0.3, 0.4) is 0 Å². The van der Waals surface area contributed by atoms with Gasteiger partial charge in [0.05, 0.1) is 15.8 Å². The van der Waals surface area contributed by atoms with Gasteiger partial charge >= 0.3 is 5.97 Å². The van der Waals surface area contributed by atoms with Crippen LogP contribution in [0.1, 0.15) is 43.9 Å². The van der Waals surface area contributed by atoms with E-state index >= 15 is 8.78 Å². The number of fused-ring (bicyclic) bond motifs is 1. The average Bonchev–Trinajstić information content (AvgIpc) is 3.47. The molecule has 12 nitrogen and oxygen atoms in total. The Morgan fingerprint density at radius 3 is 2.34 bits per heavy atom. The zero-order chi connectivity index (χ0) is 36.3. The second kappa shape index (κ2) is 14.6. The molecule has 5 aromatic rings. The molecule has 262 valence electrons. The maximum Gasteiger partial charge on any atom is 0.323 e. The summed E-state index contributed by atoms with van der Waals surface area (Å²) in [6.07, 6.45) is 2.74. The lowest BCUT2D eigenvalue weighted by atomic mass is 10.1. The molecule has 0 aliphatic carbocycles. The lowest BCUT2D eigenvalue weighted by Gasteiger charge is -2.27. The number of aliphatic carboxylic acids is 1. The van der Waals surface area contributed by atoms with Gasteiger partial charge in [-0.05, 0) is 56.9 Å². The summed E-state index contributed by atoms with van der Waals surface area (Å²) >= 11 is 0. The molecule has 0 radical (unpaired) electrons. The van der Waals surface area contributed by atoms with E-state index in [1.807, 2.05) is 0 Å². The molecule has 50 heavy (non-hydrogen) atoms. The van der Waals surface area contributed by atoms with Crippen molar-refractivity contribution in [3.63, 3.8) is 0 Å². The van der Waals surface area contributed by atoms with Gasteiger partial charge < -0.3 is 25.3 Å². The van der Waals surface area contributed by atoms with Crippen LogP contribution in [0.2, 0.25) is 0 Å². The minimum atomic E-state index is -4.39. The maximum absolute atomic E-state index is 15.5. The number of nitrogens with zero attached hydrogens (tertiary/aromatic N) is 2. The van der Waals surface area contributed by atoms with Crippen LogP contribution in [-0.4, -0.2) is 64.4 Å². The van der Waals surface area contributed by atoms with Crippen molar-refractivity contribution in [2.75, 3.05) is 18.4 Å². The highest BCUT2D eigenvalue weighted by Gasteiger charge is 2.32. The second-order valence-electron chi connectivity index (χ2n) is 12.1. The smallest absolute Gasteiger partial charge is 0.323 e. The standard InChI is InChI=1S/C35H36F2N6O6S/c1-19-12-20(2)32(21(3)13-19)50(48,49)42-28(34(46)47)18-43(11-10-23-8-6-5-7-9-23)33(45)26-17-38-30-24(31(26)44)14-27(36)25(29(30)37)16-40-35-39-15-22(4)41-35/h5-9,12-15,17,28,42H,10-11,16,18H2,1-4H3,(H,38,44)(H,46,47)(H2,39,40,41). The van der Waals surface area contributed by atoms with E-state index in [4.69, 9.17) is 0 Å². The predicted octanol–water partition coefficient (Wildman–Crippen LogP) is 4.49. The molecule has 5 N–H and O–H groups in total. The van der Waals surface area contributed by atoms with Gasteiger partial charge in [-0.1, -0.05) is 48.0 Å². The van der Waals surface area contributed by atoms with Gasteiger partial charge in [0, 0.05) is 43.3 Å². The molecule has 0 bridgehead atoms. The third-order valence-electron chi connectivity index (χ3n) is 8.20. The van der Waals surface area contributed by atoms with E-state index in [1.165, 1.54) is 6.20 Å². The fourth-order valence-corrected chi connectivity index (χ4v) is 7.54. The van der Waals surface area contributed by atoms with Gasteiger partial charge in [-0.3, -0.25) is 14.4 Å². The first-order valence-corrected chi connectivity index (χ1v) is 17.1. The van der Waals surface area contributed by atoms with E-state index in [0.717, 1.165) is 34.0 Å². The number of aromatic amines is 2. The van der Waals surface area contributed by atoms with Crippen LogP contribution in [0.5, 0.6) is 0 Å². The topological polar surface area (TPSA) is 177 Å².